The van der Waals surface area contributed by atoms with E-state index in [9.17, 15) is 18.7 Å². The minimum absolute atomic E-state index is 0.0712. The van der Waals surface area contributed by atoms with Crippen molar-refractivity contribution in [2.75, 3.05) is 13.6 Å². The average Bonchev–Trinajstić information content (AvgIpc) is 3.22. The number of halogens is 2. The minimum atomic E-state index is -1.77. The molecule has 1 atom stereocenters. The van der Waals surface area contributed by atoms with Crippen LogP contribution in [0.5, 0.6) is 0 Å². The molecule has 2 aromatic rings. The number of carbonyl (C=O) groups is 1. The predicted molar refractivity (Wildman–Crippen MR) is 131 cm³/mol. The second kappa shape index (κ2) is 10.8. The molecular formula is C24H26F2N6O2S. The predicted octanol–water partition coefficient (Wildman–Crippen LogP) is 3.25. The molecule has 35 heavy (non-hydrogen) atoms. The highest BCUT2D eigenvalue weighted by molar-refractivity contribution is 8.15. The normalized spacial score (nSPS) is 18.1. The lowest BCUT2D eigenvalue weighted by Crippen LogP contribution is -2.50. The Labute approximate surface area is 206 Å². The molecule has 1 aliphatic rings. The number of nitrogens with one attached hydrogen (secondary N) is 2. The number of hydrogen-bond acceptors (Lipinski definition) is 6. The molecule has 1 aliphatic heterocycles. The van der Waals surface area contributed by atoms with E-state index in [1.807, 2.05) is 30.3 Å². The molecule has 184 valence electrons. The molecule has 0 saturated carbocycles. The summed E-state index contributed by atoms with van der Waals surface area (Å²) in [7, 11) is 1.53. The molecule has 0 aliphatic carbocycles. The van der Waals surface area contributed by atoms with E-state index in [0.717, 1.165) is 30.0 Å². The summed E-state index contributed by atoms with van der Waals surface area (Å²) in [4.78, 5) is 16.2. The summed E-state index contributed by atoms with van der Waals surface area (Å²) in [6, 6.07) is 12.1. The summed E-state index contributed by atoms with van der Waals surface area (Å²) in [6.07, 6.45) is 2.62. The number of guanidine groups is 1. The van der Waals surface area contributed by atoms with Gasteiger partial charge in [0.25, 0.3) is 5.91 Å². The van der Waals surface area contributed by atoms with Gasteiger partial charge in [0.15, 0.2) is 6.19 Å². The molecule has 3 N–H and O–H groups in total. The van der Waals surface area contributed by atoms with Gasteiger partial charge in [0.1, 0.15) is 27.2 Å². The SMILES string of the molecule is CN=C(NC#N)NCCCC1(c2ccccc2)SC(c2cc(F)ccc2F)=NN1C(=O)C(C)(C)O. The van der Waals surface area contributed by atoms with Crippen molar-refractivity contribution in [2.24, 2.45) is 10.1 Å². The molecule has 8 nitrogen and oxygen atoms in total. The van der Waals surface area contributed by atoms with Gasteiger partial charge < -0.3 is 10.4 Å². The number of thioether (sulfide) groups is 1. The highest BCUT2D eigenvalue weighted by atomic mass is 32.2. The van der Waals surface area contributed by atoms with Crippen LogP contribution >= 0.6 is 11.8 Å². The highest BCUT2D eigenvalue weighted by Gasteiger charge is 2.51. The largest absolute Gasteiger partial charge is 0.381 e. The van der Waals surface area contributed by atoms with Gasteiger partial charge in [0, 0.05) is 19.2 Å². The fourth-order valence-corrected chi connectivity index (χ4v) is 5.00. The zero-order valence-electron chi connectivity index (χ0n) is 19.5. The Morgan fingerprint density at radius 2 is 2.00 bits per heavy atom. The van der Waals surface area contributed by atoms with Crippen molar-refractivity contribution >= 4 is 28.7 Å². The Morgan fingerprint density at radius 3 is 2.63 bits per heavy atom. The number of aliphatic hydroxyl groups is 1. The molecule has 1 amide bonds. The van der Waals surface area contributed by atoms with Crippen LogP contribution in [0.15, 0.2) is 58.6 Å². The molecule has 11 heteroatoms. The number of carbonyl (C=O) groups excluding carboxylic acids is 1. The van der Waals surface area contributed by atoms with Gasteiger partial charge in [0.05, 0.1) is 0 Å². The zero-order valence-corrected chi connectivity index (χ0v) is 20.4. The van der Waals surface area contributed by atoms with E-state index in [1.165, 1.54) is 25.9 Å². The van der Waals surface area contributed by atoms with Crippen LogP contribution in [-0.2, 0) is 9.67 Å². The first-order valence-corrected chi connectivity index (χ1v) is 11.7. The standard InChI is InChI=1S/C24H26F2N6O2S/c1-23(2,34)21(33)32-24(16-8-5-4-6-9-16,12-7-13-29-22(28-3)30-15-27)35-20(31-32)18-14-17(25)10-11-19(18)26/h4-6,8-11,14,34H,7,12-13H2,1-3H3,(H2,28,29,30). The van der Waals surface area contributed by atoms with Gasteiger partial charge in [-0.25, -0.2) is 13.8 Å². The Morgan fingerprint density at radius 1 is 1.29 bits per heavy atom. The van der Waals surface area contributed by atoms with Gasteiger partial charge in [-0.1, -0.05) is 42.1 Å². The van der Waals surface area contributed by atoms with E-state index < -0.39 is 28.0 Å². The number of amides is 1. The number of nitrogens with zero attached hydrogens (tertiary/aromatic N) is 4. The van der Waals surface area contributed by atoms with Gasteiger partial charge in [0.2, 0.25) is 5.96 Å². The average molecular weight is 501 g/mol. The van der Waals surface area contributed by atoms with E-state index in [1.54, 1.807) is 6.19 Å². The zero-order chi connectivity index (χ0) is 25.6. The molecular weight excluding hydrogens is 474 g/mol. The lowest BCUT2D eigenvalue weighted by Gasteiger charge is -2.38. The monoisotopic (exact) mass is 500 g/mol. The lowest BCUT2D eigenvalue weighted by atomic mass is 9.98. The van der Waals surface area contributed by atoms with Crippen molar-refractivity contribution in [3.63, 3.8) is 0 Å². The fraction of sp³-hybridized carbons (Fsp3) is 0.333. The summed E-state index contributed by atoms with van der Waals surface area (Å²) >= 11 is 1.13. The van der Waals surface area contributed by atoms with Gasteiger partial charge in [-0.3, -0.25) is 15.1 Å². The van der Waals surface area contributed by atoms with E-state index in [2.05, 4.69) is 20.7 Å². The number of hydrazone groups is 1. The van der Waals surface area contributed by atoms with Gasteiger partial charge in [-0.15, -0.1) is 0 Å². The number of nitriles is 1. The lowest BCUT2D eigenvalue weighted by molar-refractivity contribution is -0.151. The smallest absolute Gasteiger partial charge is 0.275 e. The molecule has 0 aromatic heterocycles. The maximum Gasteiger partial charge on any atom is 0.275 e. The van der Waals surface area contributed by atoms with Gasteiger partial charge >= 0.3 is 0 Å². The summed E-state index contributed by atoms with van der Waals surface area (Å²) in [5.74, 6) is -1.70. The van der Waals surface area contributed by atoms with Crippen molar-refractivity contribution in [3.05, 3.63) is 71.3 Å². The second-order valence-electron chi connectivity index (χ2n) is 8.30. The third kappa shape index (κ3) is 5.78. The van der Waals surface area contributed by atoms with E-state index in [-0.39, 0.29) is 10.6 Å². The maximum absolute atomic E-state index is 14.7. The first kappa shape index (κ1) is 26.1. The van der Waals surface area contributed by atoms with E-state index in [0.29, 0.717) is 30.9 Å². The van der Waals surface area contributed by atoms with Crippen molar-refractivity contribution < 1.29 is 18.7 Å². The Bertz CT molecular complexity index is 1180. The molecule has 0 spiro atoms. The quantitative estimate of drug-likeness (QED) is 0.177. The third-order valence-corrected chi connectivity index (χ3v) is 6.73. The number of benzene rings is 2. The first-order valence-electron chi connectivity index (χ1n) is 10.8. The van der Waals surface area contributed by atoms with Crippen molar-refractivity contribution in [1.82, 2.24) is 15.6 Å². The maximum atomic E-state index is 14.7. The molecule has 2 aromatic carbocycles. The summed E-state index contributed by atoms with van der Waals surface area (Å²) < 4.78 is 28.7. The Balaban J connectivity index is 2.03. The van der Waals surface area contributed by atoms with Crippen LogP contribution in [0.2, 0.25) is 0 Å². The molecule has 3 rings (SSSR count). The Kier molecular flexibility index (Phi) is 8.09. The summed E-state index contributed by atoms with van der Waals surface area (Å²) in [6.45, 7) is 3.10. The van der Waals surface area contributed by atoms with E-state index in [4.69, 9.17) is 5.26 Å². The third-order valence-electron chi connectivity index (χ3n) is 5.28. The first-order chi connectivity index (χ1) is 16.6. The molecule has 1 heterocycles. The second-order valence-corrected chi connectivity index (χ2v) is 9.56. The minimum Gasteiger partial charge on any atom is -0.381 e. The van der Waals surface area contributed by atoms with Crippen LogP contribution in [0.25, 0.3) is 0 Å². The van der Waals surface area contributed by atoms with Crippen LogP contribution in [0.3, 0.4) is 0 Å². The summed E-state index contributed by atoms with van der Waals surface area (Å²) in [5.41, 5.74) is -1.13. The van der Waals surface area contributed by atoms with Crippen molar-refractivity contribution in [1.29, 1.82) is 5.26 Å². The number of rotatable bonds is 7. The van der Waals surface area contributed by atoms with Crippen LogP contribution in [-0.4, -0.2) is 46.2 Å². The van der Waals surface area contributed by atoms with E-state index >= 15 is 0 Å². The highest BCUT2D eigenvalue weighted by Crippen LogP contribution is 2.51. The fourth-order valence-electron chi connectivity index (χ4n) is 3.58. The topological polar surface area (TPSA) is 113 Å². The Hall–Kier alpha value is -3.49. The molecule has 0 radical (unpaired) electrons. The number of aliphatic imine (C=N–C) groups is 1. The van der Waals surface area contributed by atoms with Crippen LogP contribution in [0, 0.1) is 23.1 Å². The molecule has 0 saturated heterocycles. The number of hydrogen-bond donors (Lipinski definition) is 3. The van der Waals surface area contributed by atoms with Crippen LogP contribution in [0.1, 0.15) is 37.8 Å². The molecule has 0 bridgehead atoms. The van der Waals surface area contributed by atoms with Crippen LogP contribution < -0.4 is 10.6 Å². The summed E-state index contributed by atoms with van der Waals surface area (Å²) in [5, 5.41) is 30.5. The molecule has 0 fully saturated rings. The molecule has 1 unspecified atom stereocenters. The van der Waals surface area contributed by atoms with Gasteiger partial charge in [-0.2, -0.15) is 10.4 Å². The van der Waals surface area contributed by atoms with Crippen molar-refractivity contribution in [2.45, 2.75) is 37.2 Å². The van der Waals surface area contributed by atoms with Gasteiger partial charge in [-0.05, 0) is 50.5 Å². The van der Waals surface area contributed by atoms with Crippen molar-refractivity contribution in [3.8, 4) is 6.19 Å². The van der Waals surface area contributed by atoms with Crippen LogP contribution in [0.4, 0.5) is 8.78 Å².